The average Bonchev–Trinajstić information content (AvgIpc) is 2.71. The van der Waals surface area contributed by atoms with Gasteiger partial charge in [0.15, 0.2) is 0 Å². The third kappa shape index (κ3) is 10.8. The first-order valence-electron chi connectivity index (χ1n) is 11.2. The van der Waals surface area contributed by atoms with Gasteiger partial charge in [-0.15, -0.1) is 11.6 Å². The second kappa shape index (κ2) is 16.0. The fourth-order valence-electron chi connectivity index (χ4n) is 3.40. The number of carbonyl (C=O) groups excluding carboxylic acids is 1. The van der Waals surface area contributed by atoms with Crippen molar-refractivity contribution < 1.29 is 4.79 Å². The van der Waals surface area contributed by atoms with E-state index in [-0.39, 0.29) is 5.91 Å². The first-order valence-corrected chi connectivity index (χ1v) is 11.7. The predicted octanol–water partition coefficient (Wildman–Crippen LogP) is 7.59. The van der Waals surface area contributed by atoms with E-state index in [1.807, 2.05) is 24.3 Å². The Kier molecular flexibility index (Phi) is 14.2. The first-order chi connectivity index (χ1) is 13.2. The number of halogens is 1. The molecule has 27 heavy (non-hydrogen) atoms. The number of alkyl halides is 1. The highest BCUT2D eigenvalue weighted by atomic mass is 35.5. The van der Waals surface area contributed by atoms with Crippen LogP contribution in [0.4, 0.5) is 0 Å². The van der Waals surface area contributed by atoms with E-state index < -0.39 is 0 Å². The second-order valence-corrected chi connectivity index (χ2v) is 7.93. The minimum absolute atomic E-state index is 0.179. The van der Waals surface area contributed by atoms with Gasteiger partial charge < -0.3 is 4.90 Å². The molecule has 1 amide bonds. The molecular weight excluding hydrogens is 354 g/mol. The van der Waals surface area contributed by atoms with Crippen molar-refractivity contribution in [1.82, 2.24) is 4.90 Å². The van der Waals surface area contributed by atoms with E-state index in [0.717, 1.165) is 37.1 Å². The van der Waals surface area contributed by atoms with Crippen LogP contribution in [-0.2, 0) is 5.88 Å². The Morgan fingerprint density at radius 1 is 0.741 bits per heavy atom. The van der Waals surface area contributed by atoms with Gasteiger partial charge in [-0.25, -0.2) is 0 Å². The third-order valence-electron chi connectivity index (χ3n) is 5.21. The van der Waals surface area contributed by atoms with E-state index in [0.29, 0.717) is 5.88 Å². The Hall–Kier alpha value is -1.02. The Balaban J connectivity index is 2.50. The maximum absolute atomic E-state index is 13.0. The van der Waals surface area contributed by atoms with Gasteiger partial charge in [0.05, 0.1) is 0 Å². The Bertz CT molecular complexity index is 470. The largest absolute Gasteiger partial charge is 0.339 e. The van der Waals surface area contributed by atoms with Crippen molar-refractivity contribution >= 4 is 17.5 Å². The monoisotopic (exact) mass is 393 g/mol. The predicted molar refractivity (Wildman–Crippen MR) is 119 cm³/mol. The minimum atomic E-state index is 0.179. The highest BCUT2D eigenvalue weighted by molar-refractivity contribution is 6.17. The lowest BCUT2D eigenvalue weighted by molar-refractivity contribution is 0.0749. The van der Waals surface area contributed by atoms with Crippen molar-refractivity contribution in [3.8, 4) is 0 Å². The van der Waals surface area contributed by atoms with Crippen LogP contribution < -0.4 is 0 Å². The van der Waals surface area contributed by atoms with E-state index in [1.165, 1.54) is 64.2 Å². The minimum Gasteiger partial charge on any atom is -0.339 e. The third-order valence-corrected chi connectivity index (χ3v) is 5.51. The smallest absolute Gasteiger partial charge is 0.253 e. The molecule has 1 aromatic carbocycles. The van der Waals surface area contributed by atoms with Crippen LogP contribution in [0.2, 0.25) is 0 Å². The van der Waals surface area contributed by atoms with E-state index in [9.17, 15) is 4.79 Å². The quantitative estimate of drug-likeness (QED) is 0.209. The van der Waals surface area contributed by atoms with Gasteiger partial charge in [-0.3, -0.25) is 4.79 Å². The van der Waals surface area contributed by atoms with Crippen LogP contribution in [-0.4, -0.2) is 23.9 Å². The fraction of sp³-hybridized carbons (Fsp3) is 0.708. The van der Waals surface area contributed by atoms with Crippen LogP contribution >= 0.6 is 11.6 Å². The zero-order chi connectivity index (χ0) is 19.7. The Morgan fingerprint density at radius 3 is 1.63 bits per heavy atom. The molecule has 1 rings (SSSR count). The van der Waals surface area contributed by atoms with Gasteiger partial charge in [-0.05, 0) is 30.5 Å². The number of nitrogens with zero attached hydrogens (tertiary/aromatic N) is 1. The molecule has 0 saturated heterocycles. The first kappa shape index (κ1) is 24.0. The number of benzene rings is 1. The topological polar surface area (TPSA) is 20.3 Å². The summed E-state index contributed by atoms with van der Waals surface area (Å²) in [6.07, 6.45) is 15.1. The molecule has 0 N–H and O–H groups in total. The second-order valence-electron chi connectivity index (χ2n) is 7.66. The summed E-state index contributed by atoms with van der Waals surface area (Å²) in [6.45, 7) is 6.27. The number of hydrogen-bond acceptors (Lipinski definition) is 1. The van der Waals surface area contributed by atoms with Crippen molar-refractivity contribution in [2.24, 2.45) is 0 Å². The highest BCUT2D eigenvalue weighted by Crippen LogP contribution is 2.13. The van der Waals surface area contributed by atoms with Crippen molar-refractivity contribution in [2.75, 3.05) is 13.1 Å². The van der Waals surface area contributed by atoms with Crippen LogP contribution in [0.15, 0.2) is 24.3 Å². The molecule has 0 atom stereocenters. The number of hydrogen-bond donors (Lipinski definition) is 0. The van der Waals surface area contributed by atoms with E-state index in [2.05, 4.69) is 18.7 Å². The molecule has 0 spiro atoms. The molecule has 0 saturated carbocycles. The van der Waals surface area contributed by atoms with Gasteiger partial charge >= 0.3 is 0 Å². The number of amides is 1. The molecule has 3 heteroatoms. The normalized spacial score (nSPS) is 10.9. The zero-order valence-electron chi connectivity index (χ0n) is 17.6. The summed E-state index contributed by atoms with van der Waals surface area (Å²) in [7, 11) is 0. The summed E-state index contributed by atoms with van der Waals surface area (Å²) < 4.78 is 0. The molecule has 0 fully saturated rings. The summed E-state index contributed by atoms with van der Waals surface area (Å²) in [6, 6.07) is 7.78. The average molecular weight is 394 g/mol. The summed E-state index contributed by atoms with van der Waals surface area (Å²) in [5.74, 6) is 0.673. The number of rotatable bonds is 16. The van der Waals surface area contributed by atoms with E-state index in [1.54, 1.807) is 0 Å². The van der Waals surface area contributed by atoms with Crippen LogP contribution in [0.3, 0.4) is 0 Å². The van der Waals surface area contributed by atoms with Crippen molar-refractivity contribution in [1.29, 1.82) is 0 Å². The van der Waals surface area contributed by atoms with Crippen LogP contribution in [0.25, 0.3) is 0 Å². The fourth-order valence-corrected chi connectivity index (χ4v) is 3.58. The highest BCUT2D eigenvalue weighted by Gasteiger charge is 2.15. The van der Waals surface area contributed by atoms with E-state index >= 15 is 0 Å². The van der Waals surface area contributed by atoms with Gasteiger partial charge in [0.1, 0.15) is 0 Å². The molecule has 1 aromatic rings. The SMILES string of the molecule is CCCCCCCCN(CCCCCCCC)C(=O)c1ccc(CCl)cc1. The summed E-state index contributed by atoms with van der Waals surface area (Å²) in [4.78, 5) is 15.0. The molecule has 2 nitrogen and oxygen atoms in total. The molecule has 0 aromatic heterocycles. The van der Waals surface area contributed by atoms with Crippen LogP contribution in [0.5, 0.6) is 0 Å². The molecule has 0 bridgehead atoms. The van der Waals surface area contributed by atoms with Crippen LogP contribution in [0, 0.1) is 0 Å². The summed E-state index contributed by atoms with van der Waals surface area (Å²) >= 11 is 5.87. The maximum atomic E-state index is 13.0. The van der Waals surface area contributed by atoms with Gasteiger partial charge in [0, 0.05) is 24.5 Å². The molecule has 0 unspecified atom stereocenters. The van der Waals surface area contributed by atoms with Gasteiger partial charge in [0.25, 0.3) is 5.91 Å². The zero-order valence-corrected chi connectivity index (χ0v) is 18.4. The molecular formula is C24H40ClNO. The number of unbranched alkanes of at least 4 members (excludes halogenated alkanes) is 10. The van der Waals surface area contributed by atoms with Crippen molar-refractivity contribution in [3.63, 3.8) is 0 Å². The molecule has 0 aliphatic rings. The lowest BCUT2D eigenvalue weighted by atomic mass is 10.1. The van der Waals surface area contributed by atoms with Gasteiger partial charge in [-0.2, -0.15) is 0 Å². The Morgan fingerprint density at radius 2 is 1.19 bits per heavy atom. The Labute approximate surface area is 172 Å². The lowest BCUT2D eigenvalue weighted by Crippen LogP contribution is -2.33. The molecule has 154 valence electrons. The lowest BCUT2D eigenvalue weighted by Gasteiger charge is -2.23. The van der Waals surface area contributed by atoms with E-state index in [4.69, 9.17) is 11.6 Å². The molecule has 0 radical (unpaired) electrons. The molecule has 0 aliphatic carbocycles. The van der Waals surface area contributed by atoms with Crippen molar-refractivity contribution in [3.05, 3.63) is 35.4 Å². The summed E-state index contributed by atoms with van der Waals surface area (Å²) in [5, 5.41) is 0. The van der Waals surface area contributed by atoms with Gasteiger partial charge in [0.2, 0.25) is 0 Å². The maximum Gasteiger partial charge on any atom is 0.253 e. The van der Waals surface area contributed by atoms with Crippen LogP contribution in [0.1, 0.15) is 107 Å². The molecule has 0 heterocycles. The molecule has 0 aliphatic heterocycles. The summed E-state index contributed by atoms with van der Waals surface area (Å²) in [5.41, 5.74) is 1.85. The van der Waals surface area contributed by atoms with Gasteiger partial charge in [-0.1, -0.05) is 90.2 Å². The number of carbonyl (C=O) groups is 1. The standard InChI is InChI=1S/C24H40ClNO/c1-3-5-7-9-11-13-19-26(20-14-12-10-8-6-4-2)24(27)23-17-15-22(21-25)16-18-23/h15-18H,3-14,19-21H2,1-2H3. The van der Waals surface area contributed by atoms with Crippen molar-refractivity contribution in [2.45, 2.75) is 96.8 Å².